The fourth-order valence-electron chi connectivity index (χ4n) is 5.01. The topological polar surface area (TPSA) is 134 Å². The molecule has 1 aliphatic heterocycles. The van der Waals surface area contributed by atoms with Crippen molar-refractivity contribution in [1.29, 1.82) is 0 Å². The van der Waals surface area contributed by atoms with Crippen LogP contribution in [0.1, 0.15) is 15.9 Å². The van der Waals surface area contributed by atoms with Gasteiger partial charge in [-0.3, -0.25) is 9.59 Å². The van der Waals surface area contributed by atoms with E-state index in [1.807, 2.05) is 34.9 Å². The lowest BCUT2D eigenvalue weighted by molar-refractivity contribution is -0.131. The molecule has 262 valence electrons. The summed E-state index contributed by atoms with van der Waals surface area (Å²) in [5.74, 6) is 0.775. The van der Waals surface area contributed by atoms with Gasteiger partial charge in [0.1, 0.15) is 0 Å². The van der Waals surface area contributed by atoms with E-state index in [9.17, 15) is 9.59 Å². The molecule has 0 radical (unpaired) electrons. The summed E-state index contributed by atoms with van der Waals surface area (Å²) in [6.07, 6.45) is 0. The minimum absolute atomic E-state index is 0.00577. The van der Waals surface area contributed by atoms with Gasteiger partial charge in [-0.1, -0.05) is 18.2 Å². The van der Waals surface area contributed by atoms with Crippen LogP contribution >= 0.6 is 0 Å². The Balaban J connectivity index is 1.36. The summed E-state index contributed by atoms with van der Waals surface area (Å²) in [5.41, 5.74) is 7.87. The van der Waals surface area contributed by atoms with Gasteiger partial charge in [0.05, 0.1) is 92.4 Å². The highest BCUT2D eigenvalue weighted by Crippen LogP contribution is 2.31. The average Bonchev–Trinajstić information content (AvgIpc) is 3.10. The Morgan fingerprint density at radius 3 is 1.83 bits per heavy atom. The summed E-state index contributed by atoms with van der Waals surface area (Å²) in [6, 6.07) is 13.3. The van der Waals surface area contributed by atoms with Gasteiger partial charge >= 0.3 is 0 Å². The van der Waals surface area contributed by atoms with Crippen molar-refractivity contribution in [3.05, 3.63) is 53.6 Å². The van der Waals surface area contributed by atoms with Gasteiger partial charge in [-0.25, -0.2) is 0 Å². The molecule has 0 atom stereocenters. The Kier molecular flexibility index (Phi) is 17.9. The highest BCUT2D eigenvalue weighted by Gasteiger charge is 2.28. The fourth-order valence-corrected chi connectivity index (χ4v) is 5.01. The minimum Gasteiger partial charge on any atom is -0.493 e. The first kappa shape index (κ1) is 38.0. The summed E-state index contributed by atoms with van der Waals surface area (Å²) in [7, 11) is 3.06. The van der Waals surface area contributed by atoms with Gasteiger partial charge in [-0.2, -0.15) is 0 Å². The zero-order chi connectivity index (χ0) is 33.7. The predicted octanol–water partition coefficient (Wildman–Crippen LogP) is 1.84. The van der Waals surface area contributed by atoms with Crippen molar-refractivity contribution in [3.63, 3.8) is 0 Å². The summed E-state index contributed by atoms with van der Waals surface area (Å²) < 4.78 is 38.4. The lowest BCUT2D eigenvalue weighted by atomic mass is 10.1. The SMILES string of the molecule is COc1cccc(C(=O)N2CCN(C(=O)CN(CCOCCOCCOCCOCCOCCN)c3cccc(C)c3)CC2)c1OC. The van der Waals surface area contributed by atoms with Crippen molar-refractivity contribution in [1.82, 2.24) is 9.80 Å². The summed E-state index contributed by atoms with van der Waals surface area (Å²) in [6.45, 7) is 9.94. The molecule has 0 unspecified atom stereocenters. The summed E-state index contributed by atoms with van der Waals surface area (Å²) in [5, 5.41) is 0. The number of ether oxygens (including phenoxy) is 7. The lowest BCUT2D eigenvalue weighted by Crippen LogP contribution is -2.53. The van der Waals surface area contributed by atoms with Crippen LogP contribution in [0.5, 0.6) is 11.5 Å². The zero-order valence-corrected chi connectivity index (χ0v) is 28.2. The fraction of sp³-hybridized carbons (Fsp3) is 0.588. The number of methoxy groups -OCH3 is 2. The lowest BCUT2D eigenvalue weighted by Gasteiger charge is -2.36. The second-order valence-corrected chi connectivity index (χ2v) is 10.8. The second kappa shape index (κ2) is 22.2. The third-order valence-electron chi connectivity index (χ3n) is 7.50. The number of hydrogen-bond donors (Lipinski definition) is 1. The average molecular weight is 661 g/mol. The number of carbonyl (C=O) groups is 2. The smallest absolute Gasteiger partial charge is 0.257 e. The van der Waals surface area contributed by atoms with Gasteiger partial charge in [0.2, 0.25) is 5.91 Å². The molecule has 2 aromatic carbocycles. The first-order valence-electron chi connectivity index (χ1n) is 16.2. The number of amides is 2. The van der Waals surface area contributed by atoms with Gasteiger partial charge in [0.25, 0.3) is 5.91 Å². The molecular formula is C34H52N4O9. The van der Waals surface area contributed by atoms with E-state index in [-0.39, 0.29) is 18.4 Å². The van der Waals surface area contributed by atoms with E-state index in [1.54, 1.807) is 30.2 Å². The van der Waals surface area contributed by atoms with E-state index in [2.05, 4.69) is 6.07 Å². The van der Waals surface area contributed by atoms with E-state index >= 15 is 0 Å². The first-order valence-corrected chi connectivity index (χ1v) is 16.2. The normalized spacial score (nSPS) is 13.1. The van der Waals surface area contributed by atoms with Crippen molar-refractivity contribution >= 4 is 17.5 Å². The molecule has 2 aromatic rings. The Morgan fingerprint density at radius 1 is 0.723 bits per heavy atom. The van der Waals surface area contributed by atoms with Crippen LogP contribution in [0.15, 0.2) is 42.5 Å². The van der Waals surface area contributed by atoms with E-state index in [4.69, 9.17) is 38.9 Å². The Hall–Kier alpha value is -3.46. The molecule has 0 aliphatic carbocycles. The van der Waals surface area contributed by atoms with E-state index in [0.717, 1.165) is 11.3 Å². The molecule has 1 fully saturated rings. The molecule has 0 aromatic heterocycles. The Bertz CT molecular complexity index is 1190. The van der Waals surface area contributed by atoms with Crippen LogP contribution < -0.4 is 20.1 Å². The molecule has 2 amide bonds. The van der Waals surface area contributed by atoms with Crippen LogP contribution in [0.3, 0.4) is 0 Å². The molecule has 13 heteroatoms. The Labute approximate surface area is 278 Å². The molecule has 1 aliphatic rings. The van der Waals surface area contributed by atoms with E-state index in [1.165, 1.54) is 7.11 Å². The van der Waals surface area contributed by atoms with Crippen molar-refractivity contribution in [2.75, 3.05) is 131 Å². The van der Waals surface area contributed by atoms with Crippen molar-refractivity contribution in [2.45, 2.75) is 6.92 Å². The van der Waals surface area contributed by atoms with Gasteiger partial charge < -0.3 is 53.6 Å². The third kappa shape index (κ3) is 13.3. The quantitative estimate of drug-likeness (QED) is 0.175. The van der Waals surface area contributed by atoms with Crippen LogP contribution in [-0.4, -0.2) is 148 Å². The van der Waals surface area contributed by atoms with Crippen LogP contribution in [0.4, 0.5) is 5.69 Å². The second-order valence-electron chi connectivity index (χ2n) is 10.8. The maximum Gasteiger partial charge on any atom is 0.257 e. The van der Waals surface area contributed by atoms with Crippen LogP contribution in [0.25, 0.3) is 0 Å². The van der Waals surface area contributed by atoms with Crippen molar-refractivity contribution in [3.8, 4) is 11.5 Å². The number of aryl methyl sites for hydroxylation is 1. The molecule has 1 heterocycles. The van der Waals surface area contributed by atoms with Gasteiger partial charge in [-0.15, -0.1) is 0 Å². The highest BCUT2D eigenvalue weighted by atomic mass is 16.6. The molecule has 2 N–H and O–H groups in total. The molecule has 3 rings (SSSR count). The van der Waals surface area contributed by atoms with Gasteiger partial charge in [0.15, 0.2) is 11.5 Å². The third-order valence-corrected chi connectivity index (χ3v) is 7.50. The number of piperazine rings is 1. The van der Waals surface area contributed by atoms with Crippen LogP contribution in [0.2, 0.25) is 0 Å². The van der Waals surface area contributed by atoms with Crippen molar-refractivity contribution < 1.29 is 42.7 Å². The molecule has 0 bridgehead atoms. The molecule has 1 saturated heterocycles. The minimum atomic E-state index is -0.145. The number of para-hydroxylation sites is 1. The number of anilines is 1. The molecule has 47 heavy (non-hydrogen) atoms. The number of carbonyl (C=O) groups excluding carboxylic acids is 2. The van der Waals surface area contributed by atoms with Crippen molar-refractivity contribution in [2.24, 2.45) is 5.73 Å². The van der Waals surface area contributed by atoms with Gasteiger partial charge in [-0.05, 0) is 36.8 Å². The van der Waals surface area contributed by atoms with Crippen LogP contribution in [-0.2, 0) is 28.5 Å². The monoisotopic (exact) mass is 660 g/mol. The van der Waals surface area contributed by atoms with E-state index < -0.39 is 0 Å². The maximum atomic E-state index is 13.4. The summed E-state index contributed by atoms with van der Waals surface area (Å²) >= 11 is 0. The first-order chi connectivity index (χ1) is 23.0. The number of nitrogens with two attached hydrogens (primary N) is 1. The van der Waals surface area contributed by atoms with E-state index in [0.29, 0.717) is 122 Å². The summed E-state index contributed by atoms with van der Waals surface area (Å²) in [4.78, 5) is 32.3. The standard InChI is InChI=1S/C34H52N4O9/c1-28-6-4-7-29(26-28)38(15-17-44-19-21-46-23-25-47-24-22-45-20-18-43-16-10-35)27-32(39)36-11-13-37(14-12-36)34(40)30-8-5-9-31(41-2)33(30)42-3/h4-9,26H,10-25,27,35H2,1-3H3. The number of hydrogen-bond acceptors (Lipinski definition) is 11. The maximum absolute atomic E-state index is 13.4. The zero-order valence-electron chi connectivity index (χ0n) is 28.2. The number of nitrogens with zero attached hydrogens (tertiary/aromatic N) is 3. The molecule has 0 spiro atoms. The van der Waals surface area contributed by atoms with Gasteiger partial charge in [0, 0.05) is 45.0 Å². The molecule has 13 nitrogen and oxygen atoms in total. The number of rotatable bonds is 23. The molecule has 0 saturated carbocycles. The largest absolute Gasteiger partial charge is 0.493 e. The van der Waals surface area contributed by atoms with Crippen LogP contribution in [0, 0.1) is 6.92 Å². The molecular weight excluding hydrogens is 608 g/mol. The number of benzene rings is 2. The highest BCUT2D eigenvalue weighted by molar-refractivity contribution is 5.98. The Morgan fingerprint density at radius 2 is 1.28 bits per heavy atom. The predicted molar refractivity (Wildman–Crippen MR) is 179 cm³/mol.